The summed E-state index contributed by atoms with van der Waals surface area (Å²) >= 11 is 0. The molecule has 0 amide bonds. The van der Waals surface area contributed by atoms with E-state index in [1.807, 2.05) is 11.9 Å². The van der Waals surface area contributed by atoms with E-state index < -0.39 is 17.0 Å². The van der Waals surface area contributed by atoms with Gasteiger partial charge in [-0.1, -0.05) is 0 Å². The molecule has 8 nitrogen and oxygen atoms in total. The average Bonchev–Trinajstić information content (AvgIpc) is 2.59. The lowest BCUT2D eigenvalue weighted by atomic mass is 9.85. The average molecular weight is 366 g/mol. The molecule has 1 aromatic heterocycles. The van der Waals surface area contributed by atoms with E-state index in [1.54, 1.807) is 33.9 Å². The van der Waals surface area contributed by atoms with Crippen molar-refractivity contribution in [2.75, 3.05) is 49.7 Å². The molecule has 0 unspecified atom stereocenters. The van der Waals surface area contributed by atoms with E-state index in [1.165, 1.54) is 0 Å². The third kappa shape index (κ3) is 4.82. The number of carbonyl (C=O) groups is 1. The third-order valence-electron chi connectivity index (χ3n) is 4.67. The normalized spacial score (nSPS) is 15.8. The minimum atomic E-state index is -1.10. The maximum Gasteiger partial charge on any atom is 0.313 e. The van der Waals surface area contributed by atoms with Gasteiger partial charge in [0.05, 0.1) is 24.2 Å². The second kappa shape index (κ2) is 7.75. The van der Waals surface area contributed by atoms with Gasteiger partial charge in [-0.05, 0) is 34.1 Å². The van der Waals surface area contributed by atoms with E-state index in [9.17, 15) is 15.0 Å². The molecule has 1 saturated heterocycles. The first-order valence-corrected chi connectivity index (χ1v) is 8.89. The number of anilines is 2. The standard InChI is InChI=1S/C18H30N4O4/c1-17(2,25)6-7-21(5)16-19-12-13(18(3,4)15(23)24)14(20-16)22-8-10-26-11-9-22/h12,25H,6-11H2,1-5H3,(H,23,24). The Morgan fingerprint density at radius 3 is 2.46 bits per heavy atom. The second-order valence-electron chi connectivity index (χ2n) is 7.92. The Hall–Kier alpha value is -1.93. The van der Waals surface area contributed by atoms with E-state index in [4.69, 9.17) is 4.74 Å². The van der Waals surface area contributed by atoms with E-state index in [-0.39, 0.29) is 0 Å². The van der Waals surface area contributed by atoms with Gasteiger partial charge in [0.1, 0.15) is 5.82 Å². The van der Waals surface area contributed by atoms with Gasteiger partial charge in [0.25, 0.3) is 0 Å². The van der Waals surface area contributed by atoms with Crippen LogP contribution in [0.25, 0.3) is 0 Å². The van der Waals surface area contributed by atoms with Crippen LogP contribution in [0, 0.1) is 0 Å². The molecule has 0 spiro atoms. The highest BCUT2D eigenvalue weighted by molar-refractivity contribution is 5.82. The van der Waals surface area contributed by atoms with Crippen LogP contribution in [-0.4, -0.2) is 71.6 Å². The van der Waals surface area contributed by atoms with E-state index in [0.717, 1.165) is 0 Å². The summed E-state index contributed by atoms with van der Waals surface area (Å²) in [4.78, 5) is 24.8. The largest absolute Gasteiger partial charge is 0.481 e. The van der Waals surface area contributed by atoms with Crippen LogP contribution in [0.1, 0.15) is 39.7 Å². The summed E-state index contributed by atoms with van der Waals surface area (Å²) in [5, 5.41) is 19.6. The van der Waals surface area contributed by atoms with Crippen molar-refractivity contribution >= 4 is 17.7 Å². The summed E-state index contributed by atoms with van der Waals surface area (Å²) in [5.41, 5.74) is -1.28. The molecule has 0 atom stereocenters. The third-order valence-corrected chi connectivity index (χ3v) is 4.67. The van der Waals surface area contributed by atoms with Crippen LogP contribution in [0.2, 0.25) is 0 Å². The molecule has 0 aliphatic carbocycles. The van der Waals surface area contributed by atoms with Crippen molar-refractivity contribution in [1.29, 1.82) is 0 Å². The maximum absolute atomic E-state index is 11.8. The lowest BCUT2D eigenvalue weighted by molar-refractivity contribution is -0.142. The summed E-state index contributed by atoms with van der Waals surface area (Å²) in [5.74, 6) is 0.236. The molecule has 1 fully saturated rings. The number of nitrogens with zero attached hydrogens (tertiary/aromatic N) is 4. The number of carboxylic acid groups (broad SMARTS) is 1. The number of morpholine rings is 1. The zero-order valence-corrected chi connectivity index (χ0v) is 16.3. The quantitative estimate of drug-likeness (QED) is 0.744. The van der Waals surface area contributed by atoms with Gasteiger partial charge in [0.2, 0.25) is 5.95 Å². The molecule has 0 radical (unpaired) electrons. The van der Waals surface area contributed by atoms with Crippen LogP contribution < -0.4 is 9.80 Å². The Balaban J connectivity index is 2.37. The number of ether oxygens (including phenoxy) is 1. The Morgan fingerprint density at radius 1 is 1.31 bits per heavy atom. The van der Waals surface area contributed by atoms with Gasteiger partial charge in [-0.2, -0.15) is 4.98 Å². The van der Waals surface area contributed by atoms with E-state index >= 15 is 0 Å². The fraction of sp³-hybridized carbons (Fsp3) is 0.722. The van der Waals surface area contributed by atoms with Crippen LogP contribution >= 0.6 is 0 Å². The first kappa shape index (κ1) is 20.4. The van der Waals surface area contributed by atoms with Gasteiger partial charge in [-0.3, -0.25) is 4.79 Å². The molecule has 26 heavy (non-hydrogen) atoms. The van der Waals surface area contributed by atoms with Crippen molar-refractivity contribution < 1.29 is 19.7 Å². The van der Waals surface area contributed by atoms with Crippen LogP contribution in [0.15, 0.2) is 6.20 Å². The van der Waals surface area contributed by atoms with Gasteiger partial charge in [-0.15, -0.1) is 0 Å². The Morgan fingerprint density at radius 2 is 1.92 bits per heavy atom. The molecule has 2 heterocycles. The highest BCUT2D eigenvalue weighted by atomic mass is 16.5. The van der Waals surface area contributed by atoms with Gasteiger partial charge >= 0.3 is 5.97 Å². The maximum atomic E-state index is 11.8. The molecule has 146 valence electrons. The number of hydrogen-bond acceptors (Lipinski definition) is 7. The highest BCUT2D eigenvalue weighted by Gasteiger charge is 2.35. The van der Waals surface area contributed by atoms with Gasteiger partial charge < -0.3 is 24.7 Å². The fourth-order valence-electron chi connectivity index (χ4n) is 2.66. The minimum absolute atomic E-state index is 0.515. The molecular formula is C18H30N4O4. The van der Waals surface area contributed by atoms with E-state index in [2.05, 4.69) is 14.9 Å². The van der Waals surface area contributed by atoms with Crippen LogP contribution in [0.3, 0.4) is 0 Å². The monoisotopic (exact) mass is 366 g/mol. The Bertz CT molecular complexity index is 637. The molecule has 2 rings (SSSR count). The minimum Gasteiger partial charge on any atom is -0.481 e. The summed E-state index contributed by atoms with van der Waals surface area (Å²) in [6.07, 6.45) is 2.18. The molecule has 2 N–H and O–H groups in total. The van der Waals surface area contributed by atoms with Crippen molar-refractivity contribution in [3.8, 4) is 0 Å². The molecular weight excluding hydrogens is 336 g/mol. The molecule has 0 bridgehead atoms. The second-order valence-corrected chi connectivity index (χ2v) is 7.92. The molecule has 0 saturated carbocycles. The number of hydrogen-bond donors (Lipinski definition) is 2. The lowest BCUT2D eigenvalue weighted by Gasteiger charge is -2.33. The molecule has 1 aromatic rings. The number of aliphatic carboxylic acids is 1. The SMILES string of the molecule is CN(CCC(C)(C)O)c1ncc(C(C)(C)C(=O)O)c(N2CCOCC2)n1. The van der Waals surface area contributed by atoms with Crippen molar-refractivity contribution in [1.82, 2.24) is 9.97 Å². The number of aromatic nitrogens is 2. The van der Waals surface area contributed by atoms with Crippen molar-refractivity contribution in [3.63, 3.8) is 0 Å². The number of carboxylic acids is 1. The molecule has 1 aliphatic heterocycles. The number of aliphatic hydroxyl groups is 1. The summed E-state index contributed by atoms with van der Waals surface area (Å²) < 4.78 is 5.41. The van der Waals surface area contributed by atoms with Crippen LogP contribution in [0.4, 0.5) is 11.8 Å². The fourth-order valence-corrected chi connectivity index (χ4v) is 2.66. The summed E-state index contributed by atoms with van der Waals surface area (Å²) in [6, 6.07) is 0. The van der Waals surface area contributed by atoms with Crippen LogP contribution in [0.5, 0.6) is 0 Å². The summed E-state index contributed by atoms with van der Waals surface area (Å²) in [7, 11) is 1.87. The lowest BCUT2D eigenvalue weighted by Crippen LogP contribution is -2.40. The van der Waals surface area contributed by atoms with Crippen molar-refractivity contribution in [2.24, 2.45) is 0 Å². The van der Waals surface area contributed by atoms with Crippen molar-refractivity contribution in [3.05, 3.63) is 11.8 Å². The predicted octanol–water partition coefficient (Wildman–Crippen LogP) is 1.27. The van der Waals surface area contributed by atoms with Gasteiger partial charge in [0, 0.05) is 38.4 Å². The highest BCUT2D eigenvalue weighted by Crippen LogP contribution is 2.32. The van der Waals surface area contributed by atoms with E-state index in [0.29, 0.717) is 56.6 Å². The molecule has 0 aromatic carbocycles. The summed E-state index contributed by atoms with van der Waals surface area (Å²) in [6.45, 7) is 9.93. The number of rotatable bonds is 7. The Kier molecular flexibility index (Phi) is 6.08. The topological polar surface area (TPSA) is 99.0 Å². The first-order chi connectivity index (χ1) is 12.0. The van der Waals surface area contributed by atoms with Gasteiger partial charge in [0.15, 0.2) is 0 Å². The predicted molar refractivity (Wildman–Crippen MR) is 99.9 cm³/mol. The zero-order valence-electron chi connectivity index (χ0n) is 16.3. The smallest absolute Gasteiger partial charge is 0.313 e. The molecule has 1 aliphatic rings. The van der Waals surface area contributed by atoms with Crippen molar-refractivity contribution in [2.45, 2.75) is 45.1 Å². The Labute approximate surface area is 154 Å². The molecule has 8 heteroatoms. The zero-order chi connectivity index (χ0) is 19.5. The van der Waals surface area contributed by atoms with Gasteiger partial charge in [-0.25, -0.2) is 4.98 Å². The first-order valence-electron chi connectivity index (χ1n) is 8.89. The van der Waals surface area contributed by atoms with Crippen LogP contribution in [-0.2, 0) is 14.9 Å².